The van der Waals surface area contributed by atoms with Crippen molar-refractivity contribution in [3.63, 3.8) is 0 Å². The Labute approximate surface area is 153 Å². The van der Waals surface area contributed by atoms with Crippen LogP contribution in [0.15, 0.2) is 60.7 Å². The quantitative estimate of drug-likeness (QED) is 0.740. The number of nitrogens with zero attached hydrogens (tertiary/aromatic N) is 1. The van der Waals surface area contributed by atoms with E-state index in [0.717, 1.165) is 21.9 Å². The van der Waals surface area contributed by atoms with Crippen LogP contribution in [0.2, 0.25) is 0 Å². The third kappa shape index (κ3) is 3.80. The fraction of sp³-hybridized carbons (Fsp3) is 0.227. The molecule has 4 heteroatoms. The molecule has 0 bridgehead atoms. The number of phenols is 1. The highest BCUT2D eigenvalue weighted by atomic mass is 16.5. The first kappa shape index (κ1) is 17.8. The van der Waals surface area contributed by atoms with Gasteiger partial charge in [0, 0.05) is 13.6 Å². The molecule has 3 rings (SSSR count). The van der Waals surface area contributed by atoms with E-state index in [1.165, 1.54) is 0 Å². The van der Waals surface area contributed by atoms with Gasteiger partial charge in [-0.3, -0.25) is 4.79 Å². The lowest BCUT2D eigenvalue weighted by atomic mass is 10.0. The highest BCUT2D eigenvalue weighted by molar-refractivity contribution is 5.88. The van der Waals surface area contributed by atoms with Gasteiger partial charge in [0.1, 0.15) is 11.5 Å². The first-order chi connectivity index (χ1) is 12.5. The molecule has 26 heavy (non-hydrogen) atoms. The maximum atomic E-state index is 12.2. The van der Waals surface area contributed by atoms with Crippen LogP contribution in [-0.4, -0.2) is 35.6 Å². The number of hydrogen-bond acceptors (Lipinski definition) is 3. The molecule has 0 saturated carbocycles. The van der Waals surface area contributed by atoms with Gasteiger partial charge in [-0.1, -0.05) is 30.3 Å². The van der Waals surface area contributed by atoms with Crippen molar-refractivity contribution in [1.82, 2.24) is 4.90 Å². The van der Waals surface area contributed by atoms with Crippen LogP contribution in [0.1, 0.15) is 13.8 Å². The minimum atomic E-state index is -0.530. The van der Waals surface area contributed by atoms with E-state index in [2.05, 4.69) is 18.2 Å². The SMILES string of the molecule is CCN(C)C(=O)C(C)Oc1ccc2ccc(-c3ccc(O)cc3)cc2c1. The number of fused-ring (bicyclic) bond motifs is 1. The molecule has 1 atom stereocenters. The van der Waals surface area contributed by atoms with E-state index in [9.17, 15) is 9.90 Å². The number of likely N-dealkylation sites (N-methyl/N-ethyl adjacent to an activating group) is 1. The Kier molecular flexibility index (Phi) is 5.12. The number of ether oxygens (including phenoxy) is 1. The first-order valence-electron chi connectivity index (χ1n) is 8.73. The summed E-state index contributed by atoms with van der Waals surface area (Å²) in [6.45, 7) is 4.36. The van der Waals surface area contributed by atoms with E-state index in [1.54, 1.807) is 31.0 Å². The summed E-state index contributed by atoms with van der Waals surface area (Å²) >= 11 is 0. The fourth-order valence-electron chi connectivity index (χ4n) is 2.85. The number of benzene rings is 3. The predicted molar refractivity (Wildman–Crippen MR) is 104 cm³/mol. The molecule has 4 nitrogen and oxygen atoms in total. The van der Waals surface area contributed by atoms with Crippen molar-refractivity contribution in [2.45, 2.75) is 20.0 Å². The van der Waals surface area contributed by atoms with Gasteiger partial charge in [-0.2, -0.15) is 0 Å². The first-order valence-corrected chi connectivity index (χ1v) is 8.73. The van der Waals surface area contributed by atoms with Crippen molar-refractivity contribution in [1.29, 1.82) is 0 Å². The van der Waals surface area contributed by atoms with E-state index in [4.69, 9.17) is 4.74 Å². The molecule has 0 heterocycles. The monoisotopic (exact) mass is 349 g/mol. The molecular weight excluding hydrogens is 326 g/mol. The number of carbonyl (C=O) groups excluding carboxylic acids is 1. The molecule has 0 aromatic heterocycles. The van der Waals surface area contributed by atoms with E-state index < -0.39 is 6.10 Å². The second-order valence-corrected chi connectivity index (χ2v) is 6.38. The number of amides is 1. The highest BCUT2D eigenvalue weighted by Gasteiger charge is 2.18. The van der Waals surface area contributed by atoms with Crippen LogP contribution in [0.4, 0.5) is 0 Å². The standard InChI is InChI=1S/C22H23NO3/c1-4-23(3)22(25)15(2)26-21-12-9-17-5-6-18(13-19(17)14-21)16-7-10-20(24)11-8-16/h5-15,24H,4H2,1-3H3. The lowest BCUT2D eigenvalue weighted by Crippen LogP contribution is -2.37. The van der Waals surface area contributed by atoms with Crippen molar-refractivity contribution in [3.05, 3.63) is 60.7 Å². The second kappa shape index (κ2) is 7.48. The fourth-order valence-corrected chi connectivity index (χ4v) is 2.85. The van der Waals surface area contributed by atoms with Crippen LogP contribution in [0.3, 0.4) is 0 Å². The summed E-state index contributed by atoms with van der Waals surface area (Å²) in [5, 5.41) is 11.6. The molecule has 1 amide bonds. The van der Waals surface area contributed by atoms with Gasteiger partial charge in [-0.15, -0.1) is 0 Å². The molecule has 1 unspecified atom stereocenters. The summed E-state index contributed by atoms with van der Waals surface area (Å²) in [7, 11) is 1.77. The van der Waals surface area contributed by atoms with Gasteiger partial charge in [0.15, 0.2) is 6.10 Å². The third-order valence-corrected chi connectivity index (χ3v) is 4.52. The zero-order valence-corrected chi connectivity index (χ0v) is 15.3. The predicted octanol–water partition coefficient (Wildman–Crippen LogP) is 4.46. The highest BCUT2D eigenvalue weighted by Crippen LogP contribution is 2.28. The number of hydrogen-bond donors (Lipinski definition) is 1. The minimum absolute atomic E-state index is 0.0366. The maximum Gasteiger partial charge on any atom is 0.263 e. The largest absolute Gasteiger partial charge is 0.508 e. The zero-order chi connectivity index (χ0) is 18.7. The smallest absolute Gasteiger partial charge is 0.263 e. The summed E-state index contributed by atoms with van der Waals surface area (Å²) in [6, 6.07) is 19.2. The average molecular weight is 349 g/mol. The number of carbonyl (C=O) groups is 1. The molecule has 3 aromatic rings. The summed E-state index contributed by atoms with van der Waals surface area (Å²) in [5.41, 5.74) is 2.09. The average Bonchev–Trinajstić information content (AvgIpc) is 2.66. The lowest BCUT2D eigenvalue weighted by molar-refractivity contribution is -0.136. The van der Waals surface area contributed by atoms with Gasteiger partial charge in [0.2, 0.25) is 0 Å². The normalized spacial score (nSPS) is 12.0. The Balaban J connectivity index is 1.87. The summed E-state index contributed by atoms with van der Waals surface area (Å²) in [6.07, 6.45) is -0.530. The van der Waals surface area contributed by atoms with E-state index in [0.29, 0.717) is 12.3 Å². The van der Waals surface area contributed by atoms with Crippen LogP contribution in [-0.2, 0) is 4.79 Å². The number of aromatic hydroxyl groups is 1. The van der Waals surface area contributed by atoms with Gasteiger partial charge < -0.3 is 14.7 Å². The molecule has 0 aliphatic rings. The van der Waals surface area contributed by atoms with Crippen molar-refractivity contribution >= 4 is 16.7 Å². The van der Waals surface area contributed by atoms with Crippen molar-refractivity contribution in [3.8, 4) is 22.6 Å². The van der Waals surface area contributed by atoms with Crippen LogP contribution in [0.5, 0.6) is 11.5 Å². The van der Waals surface area contributed by atoms with Crippen LogP contribution >= 0.6 is 0 Å². The van der Waals surface area contributed by atoms with Gasteiger partial charge in [0.25, 0.3) is 5.91 Å². The molecule has 0 radical (unpaired) electrons. The van der Waals surface area contributed by atoms with Crippen LogP contribution in [0, 0.1) is 0 Å². The Morgan fingerprint density at radius 3 is 2.35 bits per heavy atom. The van der Waals surface area contributed by atoms with Gasteiger partial charge in [-0.25, -0.2) is 0 Å². The Morgan fingerprint density at radius 1 is 1.00 bits per heavy atom. The molecule has 0 aliphatic heterocycles. The van der Waals surface area contributed by atoms with Gasteiger partial charge in [-0.05, 0) is 66.1 Å². The van der Waals surface area contributed by atoms with Crippen molar-refractivity contribution in [2.75, 3.05) is 13.6 Å². The number of rotatable bonds is 5. The third-order valence-electron chi connectivity index (χ3n) is 4.52. The Morgan fingerprint density at radius 2 is 1.65 bits per heavy atom. The van der Waals surface area contributed by atoms with Crippen molar-refractivity contribution in [2.24, 2.45) is 0 Å². The molecule has 134 valence electrons. The van der Waals surface area contributed by atoms with E-state index in [1.807, 2.05) is 37.3 Å². The molecule has 3 aromatic carbocycles. The Hall–Kier alpha value is -3.01. The molecule has 0 spiro atoms. The summed E-state index contributed by atoms with van der Waals surface area (Å²) in [5.74, 6) is 0.886. The molecule has 1 N–H and O–H groups in total. The van der Waals surface area contributed by atoms with E-state index in [-0.39, 0.29) is 11.7 Å². The zero-order valence-electron chi connectivity index (χ0n) is 15.3. The Bertz CT molecular complexity index is 918. The summed E-state index contributed by atoms with van der Waals surface area (Å²) in [4.78, 5) is 13.8. The number of phenolic OH excluding ortho intramolecular Hbond substituents is 1. The molecule has 0 saturated heterocycles. The van der Waals surface area contributed by atoms with Crippen molar-refractivity contribution < 1.29 is 14.6 Å². The summed E-state index contributed by atoms with van der Waals surface area (Å²) < 4.78 is 5.84. The molecule has 0 aliphatic carbocycles. The van der Waals surface area contributed by atoms with Crippen LogP contribution < -0.4 is 4.74 Å². The van der Waals surface area contributed by atoms with Gasteiger partial charge in [0.05, 0.1) is 0 Å². The molecule has 0 fully saturated rings. The topological polar surface area (TPSA) is 49.8 Å². The minimum Gasteiger partial charge on any atom is -0.508 e. The molecular formula is C22H23NO3. The van der Waals surface area contributed by atoms with Crippen LogP contribution in [0.25, 0.3) is 21.9 Å². The van der Waals surface area contributed by atoms with E-state index >= 15 is 0 Å². The maximum absolute atomic E-state index is 12.2. The second-order valence-electron chi connectivity index (χ2n) is 6.38. The van der Waals surface area contributed by atoms with Gasteiger partial charge >= 0.3 is 0 Å². The lowest BCUT2D eigenvalue weighted by Gasteiger charge is -2.20.